The normalized spacial score (nSPS) is 11.2. The second-order valence-corrected chi connectivity index (χ2v) is 6.13. The summed E-state index contributed by atoms with van der Waals surface area (Å²) in [5, 5.41) is 3.42. The lowest BCUT2D eigenvalue weighted by atomic mass is 10.1. The maximum absolute atomic E-state index is 4.72. The first-order valence-corrected chi connectivity index (χ1v) is 7.37. The number of anilines is 2. The van der Waals surface area contributed by atoms with Crippen molar-refractivity contribution >= 4 is 11.6 Å². The average Bonchev–Trinajstić information content (AvgIpc) is 2.44. The monoisotopic (exact) mass is 284 g/mol. The molecule has 4 nitrogen and oxygen atoms in total. The quantitative estimate of drug-likeness (QED) is 0.908. The van der Waals surface area contributed by atoms with Crippen LogP contribution in [0.1, 0.15) is 33.3 Å². The smallest absolute Gasteiger partial charge is 0.131 e. The van der Waals surface area contributed by atoms with Crippen LogP contribution in [-0.4, -0.2) is 22.1 Å². The molecule has 0 radical (unpaired) electrons. The molecule has 0 spiro atoms. The van der Waals surface area contributed by atoms with Crippen LogP contribution in [0.15, 0.2) is 42.7 Å². The highest BCUT2D eigenvalue weighted by Gasteiger charge is 2.12. The predicted molar refractivity (Wildman–Crippen MR) is 88.6 cm³/mol. The third kappa shape index (κ3) is 4.74. The predicted octanol–water partition coefficient (Wildman–Crippen LogP) is 3.71. The topological polar surface area (TPSA) is 41.1 Å². The van der Waals surface area contributed by atoms with Gasteiger partial charge in [0.05, 0.1) is 0 Å². The van der Waals surface area contributed by atoms with Gasteiger partial charge in [-0.05, 0) is 57.5 Å². The number of hydrogen-bond donors (Lipinski definition) is 1. The fourth-order valence-corrected chi connectivity index (χ4v) is 2.12. The minimum Gasteiger partial charge on any atom is -0.365 e. The SMILES string of the molecule is CCN(Cc1ccncc1)c1cccc(NC(C)(C)C)n1. The Bertz CT molecular complexity index is 561. The lowest BCUT2D eigenvalue weighted by Crippen LogP contribution is -2.28. The molecule has 0 saturated carbocycles. The molecule has 21 heavy (non-hydrogen) atoms. The zero-order chi connectivity index (χ0) is 15.3. The molecule has 0 aromatic carbocycles. The second kappa shape index (κ2) is 6.57. The van der Waals surface area contributed by atoms with E-state index in [4.69, 9.17) is 4.98 Å². The Morgan fingerprint density at radius 3 is 2.43 bits per heavy atom. The molecule has 2 aromatic heterocycles. The fraction of sp³-hybridized carbons (Fsp3) is 0.412. The Morgan fingerprint density at radius 2 is 1.81 bits per heavy atom. The number of rotatable bonds is 5. The second-order valence-electron chi connectivity index (χ2n) is 6.13. The molecule has 0 aliphatic carbocycles. The van der Waals surface area contributed by atoms with Crippen molar-refractivity contribution in [3.05, 3.63) is 48.3 Å². The maximum atomic E-state index is 4.72. The summed E-state index contributed by atoms with van der Waals surface area (Å²) in [6.45, 7) is 10.3. The lowest BCUT2D eigenvalue weighted by Gasteiger charge is -2.25. The minimum atomic E-state index is 0.00771. The molecule has 2 rings (SSSR count). The highest BCUT2D eigenvalue weighted by Crippen LogP contribution is 2.19. The summed E-state index contributed by atoms with van der Waals surface area (Å²) in [5.74, 6) is 1.90. The summed E-state index contributed by atoms with van der Waals surface area (Å²) in [5.41, 5.74) is 1.25. The highest BCUT2D eigenvalue weighted by atomic mass is 15.2. The number of pyridine rings is 2. The van der Waals surface area contributed by atoms with Crippen LogP contribution in [0.4, 0.5) is 11.6 Å². The summed E-state index contributed by atoms with van der Waals surface area (Å²) >= 11 is 0. The molecule has 1 N–H and O–H groups in total. The van der Waals surface area contributed by atoms with Gasteiger partial charge in [-0.1, -0.05) is 6.07 Å². The molecule has 0 amide bonds. The molecule has 0 aliphatic heterocycles. The Kier molecular flexibility index (Phi) is 4.78. The third-order valence-electron chi connectivity index (χ3n) is 3.07. The first-order chi connectivity index (χ1) is 9.98. The van der Waals surface area contributed by atoms with Gasteiger partial charge in [0.2, 0.25) is 0 Å². The Hall–Kier alpha value is -2.10. The molecule has 4 heteroatoms. The van der Waals surface area contributed by atoms with Crippen LogP contribution in [0.3, 0.4) is 0 Å². The van der Waals surface area contributed by atoms with Crippen molar-refractivity contribution in [2.24, 2.45) is 0 Å². The largest absolute Gasteiger partial charge is 0.365 e. The Balaban J connectivity index is 2.16. The first kappa shape index (κ1) is 15.3. The average molecular weight is 284 g/mol. The van der Waals surface area contributed by atoms with Gasteiger partial charge in [-0.25, -0.2) is 4.98 Å². The summed E-state index contributed by atoms with van der Waals surface area (Å²) in [7, 11) is 0. The van der Waals surface area contributed by atoms with E-state index < -0.39 is 0 Å². The van der Waals surface area contributed by atoms with Crippen LogP contribution < -0.4 is 10.2 Å². The summed E-state index contributed by atoms with van der Waals surface area (Å²) in [6, 6.07) is 10.2. The molecule has 2 aromatic rings. The van der Waals surface area contributed by atoms with Gasteiger partial charge in [0, 0.05) is 31.0 Å². The number of hydrogen-bond acceptors (Lipinski definition) is 4. The summed E-state index contributed by atoms with van der Waals surface area (Å²) in [4.78, 5) is 11.0. The molecule has 2 heterocycles. The Labute approximate surface area is 127 Å². The van der Waals surface area contributed by atoms with Gasteiger partial charge >= 0.3 is 0 Å². The van der Waals surface area contributed by atoms with Crippen LogP contribution in [0, 0.1) is 0 Å². The Morgan fingerprint density at radius 1 is 1.10 bits per heavy atom. The standard InChI is InChI=1S/C17H24N4/c1-5-21(13-14-9-11-18-12-10-14)16-8-6-7-15(19-16)20-17(2,3)4/h6-12H,5,13H2,1-4H3,(H,19,20). The number of aromatic nitrogens is 2. The van der Waals surface area contributed by atoms with Crippen LogP contribution in [0.2, 0.25) is 0 Å². The number of nitrogens with zero attached hydrogens (tertiary/aromatic N) is 3. The fourth-order valence-electron chi connectivity index (χ4n) is 2.12. The van der Waals surface area contributed by atoms with E-state index in [0.29, 0.717) is 0 Å². The van der Waals surface area contributed by atoms with Gasteiger partial charge in [0.15, 0.2) is 0 Å². The summed E-state index contributed by atoms with van der Waals surface area (Å²) < 4.78 is 0. The van der Waals surface area contributed by atoms with E-state index in [9.17, 15) is 0 Å². The molecular formula is C17H24N4. The van der Waals surface area contributed by atoms with E-state index in [0.717, 1.165) is 24.7 Å². The van der Waals surface area contributed by atoms with Crippen molar-refractivity contribution in [3.8, 4) is 0 Å². The van der Waals surface area contributed by atoms with Crippen LogP contribution >= 0.6 is 0 Å². The van der Waals surface area contributed by atoms with Gasteiger partial charge < -0.3 is 10.2 Å². The van der Waals surface area contributed by atoms with Gasteiger partial charge in [-0.15, -0.1) is 0 Å². The minimum absolute atomic E-state index is 0.00771. The van der Waals surface area contributed by atoms with Crippen molar-refractivity contribution < 1.29 is 0 Å². The van der Waals surface area contributed by atoms with Crippen molar-refractivity contribution in [1.82, 2.24) is 9.97 Å². The number of nitrogens with one attached hydrogen (secondary N) is 1. The van der Waals surface area contributed by atoms with Crippen molar-refractivity contribution in [2.45, 2.75) is 39.8 Å². The molecule has 0 atom stereocenters. The first-order valence-electron chi connectivity index (χ1n) is 7.37. The lowest BCUT2D eigenvalue weighted by molar-refractivity contribution is 0.630. The molecule has 0 saturated heterocycles. The highest BCUT2D eigenvalue weighted by molar-refractivity contribution is 5.48. The van der Waals surface area contributed by atoms with Crippen molar-refractivity contribution in [3.63, 3.8) is 0 Å². The molecule has 112 valence electrons. The molecule has 0 bridgehead atoms. The van der Waals surface area contributed by atoms with Crippen LogP contribution in [0.5, 0.6) is 0 Å². The van der Waals surface area contributed by atoms with E-state index in [1.807, 2.05) is 36.7 Å². The van der Waals surface area contributed by atoms with E-state index >= 15 is 0 Å². The molecule has 0 unspecified atom stereocenters. The zero-order valence-corrected chi connectivity index (χ0v) is 13.3. The molecule has 0 aliphatic rings. The van der Waals surface area contributed by atoms with Crippen LogP contribution in [-0.2, 0) is 6.54 Å². The zero-order valence-electron chi connectivity index (χ0n) is 13.3. The molecule has 0 fully saturated rings. The van der Waals surface area contributed by atoms with Crippen molar-refractivity contribution in [2.75, 3.05) is 16.8 Å². The molecular weight excluding hydrogens is 260 g/mol. The maximum Gasteiger partial charge on any atom is 0.131 e. The van der Waals surface area contributed by atoms with E-state index in [1.54, 1.807) is 0 Å². The van der Waals surface area contributed by atoms with E-state index in [1.165, 1.54) is 5.56 Å². The van der Waals surface area contributed by atoms with Crippen LogP contribution in [0.25, 0.3) is 0 Å². The summed E-state index contributed by atoms with van der Waals surface area (Å²) in [6.07, 6.45) is 3.66. The van der Waals surface area contributed by atoms with Gasteiger partial charge in [0.25, 0.3) is 0 Å². The van der Waals surface area contributed by atoms with Crippen molar-refractivity contribution in [1.29, 1.82) is 0 Å². The van der Waals surface area contributed by atoms with E-state index in [2.05, 4.69) is 49.0 Å². The van der Waals surface area contributed by atoms with E-state index in [-0.39, 0.29) is 5.54 Å². The van der Waals surface area contributed by atoms with Gasteiger partial charge in [-0.3, -0.25) is 4.98 Å². The third-order valence-corrected chi connectivity index (χ3v) is 3.07. The van der Waals surface area contributed by atoms with Gasteiger partial charge in [-0.2, -0.15) is 0 Å². The van der Waals surface area contributed by atoms with Gasteiger partial charge in [0.1, 0.15) is 11.6 Å².